The molecule has 0 aliphatic rings. The van der Waals surface area contributed by atoms with E-state index >= 15 is 0 Å². The highest BCUT2D eigenvalue weighted by molar-refractivity contribution is 6.31. The molecule has 0 heterocycles. The van der Waals surface area contributed by atoms with E-state index in [0.29, 0.717) is 10.6 Å². The van der Waals surface area contributed by atoms with Gasteiger partial charge in [-0.2, -0.15) is 0 Å². The molecule has 7 heteroatoms. The van der Waals surface area contributed by atoms with Crippen molar-refractivity contribution in [3.05, 3.63) is 69.8 Å². The molecule has 3 N–H and O–H groups in total. The van der Waals surface area contributed by atoms with E-state index < -0.39 is 29.3 Å². The van der Waals surface area contributed by atoms with Gasteiger partial charge >= 0.3 is 0 Å². The predicted octanol–water partition coefficient (Wildman–Crippen LogP) is 3.64. The molecule has 2 aromatic rings. The van der Waals surface area contributed by atoms with E-state index in [2.05, 4.69) is 5.43 Å². The maximum Gasteiger partial charge on any atom is 0.194 e. The third-order valence-electron chi connectivity index (χ3n) is 3.04. The highest BCUT2D eigenvalue weighted by atomic mass is 35.5. The minimum atomic E-state index is -1.56. The Hall–Kier alpha value is -1.63. The molecule has 1 unspecified atom stereocenters. The minimum Gasteiger partial charge on any atom is -0.271 e. The molecule has 0 aliphatic heterocycles. The summed E-state index contributed by atoms with van der Waals surface area (Å²) in [7, 11) is 0. The van der Waals surface area contributed by atoms with Crippen LogP contribution in [-0.4, -0.2) is 0 Å². The summed E-state index contributed by atoms with van der Waals surface area (Å²) >= 11 is 5.93. The van der Waals surface area contributed by atoms with Crippen molar-refractivity contribution in [1.29, 1.82) is 0 Å². The van der Waals surface area contributed by atoms with E-state index in [1.807, 2.05) is 0 Å². The van der Waals surface area contributed by atoms with Crippen molar-refractivity contribution in [1.82, 2.24) is 5.43 Å². The van der Waals surface area contributed by atoms with E-state index in [1.54, 1.807) is 0 Å². The first-order chi connectivity index (χ1) is 9.92. The molecule has 0 saturated heterocycles. The van der Waals surface area contributed by atoms with E-state index in [4.69, 9.17) is 17.4 Å². The Labute approximate surface area is 123 Å². The van der Waals surface area contributed by atoms with Crippen LogP contribution in [0.15, 0.2) is 30.3 Å². The quantitative estimate of drug-likeness (QED) is 0.391. The molecule has 0 aromatic heterocycles. The SMILES string of the molecule is NNC(Cc1cc(F)ccc1Cl)c1cc(F)c(F)c(F)c1. The molecule has 2 rings (SSSR count). The fourth-order valence-corrected chi connectivity index (χ4v) is 2.16. The molecule has 0 amide bonds. The largest absolute Gasteiger partial charge is 0.271 e. The van der Waals surface area contributed by atoms with E-state index in [9.17, 15) is 17.6 Å². The molecule has 0 radical (unpaired) electrons. The Morgan fingerprint density at radius 1 is 1.05 bits per heavy atom. The van der Waals surface area contributed by atoms with Crippen LogP contribution < -0.4 is 11.3 Å². The molecule has 2 nitrogen and oxygen atoms in total. The third-order valence-corrected chi connectivity index (χ3v) is 3.41. The summed E-state index contributed by atoms with van der Waals surface area (Å²) in [6.45, 7) is 0. The fourth-order valence-electron chi connectivity index (χ4n) is 1.97. The van der Waals surface area contributed by atoms with Crippen molar-refractivity contribution in [3.63, 3.8) is 0 Å². The molecule has 0 saturated carbocycles. The maximum atomic E-state index is 13.2. The number of nitrogens with one attached hydrogen (secondary N) is 1. The van der Waals surface area contributed by atoms with E-state index in [0.717, 1.165) is 12.1 Å². The van der Waals surface area contributed by atoms with Gasteiger partial charge in [0.25, 0.3) is 0 Å². The van der Waals surface area contributed by atoms with Crippen LogP contribution in [0.4, 0.5) is 17.6 Å². The molecule has 0 aliphatic carbocycles. The van der Waals surface area contributed by atoms with Gasteiger partial charge < -0.3 is 0 Å². The smallest absolute Gasteiger partial charge is 0.194 e. The summed E-state index contributed by atoms with van der Waals surface area (Å²) in [6.07, 6.45) is 0.0810. The van der Waals surface area contributed by atoms with E-state index in [-0.39, 0.29) is 12.0 Å². The summed E-state index contributed by atoms with van der Waals surface area (Å²) in [5.74, 6) is 0.651. The molecule has 2 aromatic carbocycles. The number of hydrazine groups is 1. The average molecular weight is 319 g/mol. The van der Waals surface area contributed by atoms with Gasteiger partial charge in [-0.1, -0.05) is 11.6 Å². The lowest BCUT2D eigenvalue weighted by Crippen LogP contribution is -2.30. The summed E-state index contributed by atoms with van der Waals surface area (Å²) < 4.78 is 52.7. The van der Waals surface area contributed by atoms with Crippen molar-refractivity contribution in [2.24, 2.45) is 5.84 Å². The number of nitrogens with two attached hydrogens (primary N) is 1. The van der Waals surface area contributed by atoms with Gasteiger partial charge in [0.05, 0.1) is 6.04 Å². The van der Waals surface area contributed by atoms with Crippen LogP contribution in [0, 0.1) is 23.3 Å². The molecule has 0 fully saturated rings. The summed E-state index contributed by atoms with van der Waals surface area (Å²) in [5.41, 5.74) is 2.85. The second-order valence-electron chi connectivity index (χ2n) is 4.46. The Kier molecular flexibility index (Phi) is 4.82. The van der Waals surface area contributed by atoms with Gasteiger partial charge in [-0.25, -0.2) is 17.6 Å². The van der Waals surface area contributed by atoms with Crippen LogP contribution in [0.3, 0.4) is 0 Å². The van der Waals surface area contributed by atoms with Crippen molar-refractivity contribution >= 4 is 11.6 Å². The van der Waals surface area contributed by atoms with Crippen molar-refractivity contribution in [2.75, 3.05) is 0 Å². The fraction of sp³-hybridized carbons (Fsp3) is 0.143. The van der Waals surface area contributed by atoms with Gasteiger partial charge in [0.15, 0.2) is 17.5 Å². The van der Waals surface area contributed by atoms with Gasteiger partial charge in [0.2, 0.25) is 0 Å². The van der Waals surface area contributed by atoms with Crippen LogP contribution in [0.2, 0.25) is 5.02 Å². The van der Waals surface area contributed by atoms with Crippen molar-refractivity contribution < 1.29 is 17.6 Å². The molecule has 21 heavy (non-hydrogen) atoms. The van der Waals surface area contributed by atoms with Crippen molar-refractivity contribution in [2.45, 2.75) is 12.5 Å². The number of benzene rings is 2. The number of halogens is 5. The zero-order chi connectivity index (χ0) is 15.6. The number of hydrogen-bond acceptors (Lipinski definition) is 2. The average Bonchev–Trinajstić information content (AvgIpc) is 2.45. The van der Waals surface area contributed by atoms with Crippen LogP contribution in [0.5, 0.6) is 0 Å². The Morgan fingerprint density at radius 3 is 2.24 bits per heavy atom. The maximum absolute atomic E-state index is 13.2. The van der Waals surface area contributed by atoms with Crippen LogP contribution in [0.1, 0.15) is 17.2 Å². The van der Waals surface area contributed by atoms with Gasteiger partial charge in [-0.3, -0.25) is 11.3 Å². The number of rotatable bonds is 4. The van der Waals surface area contributed by atoms with Gasteiger partial charge in [0, 0.05) is 5.02 Å². The summed E-state index contributed by atoms with van der Waals surface area (Å²) in [5, 5.41) is 0.291. The molecule has 112 valence electrons. The van der Waals surface area contributed by atoms with Gasteiger partial charge in [0.1, 0.15) is 5.82 Å². The molecular formula is C14H11ClF4N2. The first-order valence-corrected chi connectivity index (χ1v) is 6.34. The third kappa shape index (κ3) is 3.53. The molecule has 0 spiro atoms. The van der Waals surface area contributed by atoms with Gasteiger partial charge in [-0.05, 0) is 47.9 Å². The standard InChI is InChI=1S/C14H11ClF4N2/c15-10-2-1-9(16)3-7(10)6-13(21-20)8-4-11(17)14(19)12(18)5-8/h1-5,13,21H,6,20H2. The zero-order valence-corrected chi connectivity index (χ0v) is 11.4. The first kappa shape index (κ1) is 15.8. The molecular weight excluding hydrogens is 308 g/mol. The van der Waals surface area contributed by atoms with Crippen LogP contribution in [0.25, 0.3) is 0 Å². The Bertz CT molecular complexity index is 640. The monoisotopic (exact) mass is 318 g/mol. The second kappa shape index (κ2) is 6.43. The number of hydrogen-bond donors (Lipinski definition) is 2. The van der Waals surface area contributed by atoms with Crippen LogP contribution >= 0.6 is 11.6 Å². The van der Waals surface area contributed by atoms with Gasteiger partial charge in [-0.15, -0.1) is 0 Å². The lowest BCUT2D eigenvalue weighted by molar-refractivity contribution is 0.439. The van der Waals surface area contributed by atoms with Crippen LogP contribution in [-0.2, 0) is 6.42 Å². The predicted molar refractivity (Wildman–Crippen MR) is 71.5 cm³/mol. The topological polar surface area (TPSA) is 38.0 Å². The lowest BCUT2D eigenvalue weighted by Gasteiger charge is -2.17. The summed E-state index contributed by atoms with van der Waals surface area (Å²) in [6, 6.07) is 4.66. The molecule has 1 atom stereocenters. The lowest BCUT2D eigenvalue weighted by atomic mass is 9.99. The highest BCUT2D eigenvalue weighted by Crippen LogP contribution is 2.26. The van der Waals surface area contributed by atoms with Crippen molar-refractivity contribution in [3.8, 4) is 0 Å². The first-order valence-electron chi connectivity index (χ1n) is 5.97. The minimum absolute atomic E-state index is 0.0810. The Balaban J connectivity index is 2.34. The second-order valence-corrected chi connectivity index (χ2v) is 4.86. The Morgan fingerprint density at radius 2 is 1.67 bits per heavy atom. The normalized spacial score (nSPS) is 12.5. The zero-order valence-electron chi connectivity index (χ0n) is 10.6. The highest BCUT2D eigenvalue weighted by Gasteiger charge is 2.18. The van der Waals surface area contributed by atoms with E-state index in [1.165, 1.54) is 18.2 Å². The summed E-state index contributed by atoms with van der Waals surface area (Å²) in [4.78, 5) is 0. The molecule has 0 bridgehead atoms.